The van der Waals surface area contributed by atoms with E-state index in [4.69, 9.17) is 14.2 Å². The maximum atomic E-state index is 13.0. The number of benzene rings is 2. The monoisotopic (exact) mass is 552 g/mol. The maximum Gasteiger partial charge on any atom is 0.407 e. The summed E-state index contributed by atoms with van der Waals surface area (Å²) in [6.45, 7) is 6.61. The molecule has 2 heterocycles. The number of carbonyl (C=O) groups excluding carboxylic acids is 5. The Hall–Kier alpha value is -4.61. The third-order valence-electron chi connectivity index (χ3n) is 5.98. The topological polar surface area (TPSA) is 152 Å². The molecule has 212 valence electrons. The minimum Gasteiger partial charge on any atom is -0.492 e. The average molecular weight is 553 g/mol. The minimum absolute atomic E-state index is 0.0664. The Bertz CT molecular complexity index is 1320. The zero-order valence-electron chi connectivity index (χ0n) is 22.6. The van der Waals surface area contributed by atoms with Gasteiger partial charge in [-0.25, -0.2) is 4.79 Å². The van der Waals surface area contributed by atoms with Gasteiger partial charge in [-0.15, -0.1) is 0 Å². The Morgan fingerprint density at radius 1 is 0.950 bits per heavy atom. The summed E-state index contributed by atoms with van der Waals surface area (Å²) in [6, 6.07) is 10.9. The number of fused-ring (bicyclic) bond motifs is 1. The van der Waals surface area contributed by atoms with E-state index < -0.39 is 41.4 Å². The van der Waals surface area contributed by atoms with Gasteiger partial charge in [0, 0.05) is 24.7 Å². The van der Waals surface area contributed by atoms with Gasteiger partial charge in [0.2, 0.25) is 11.8 Å². The lowest BCUT2D eigenvalue weighted by Crippen LogP contribution is -2.54. The number of alkyl carbamates (subject to hydrolysis) is 1. The molecule has 2 aromatic rings. The first-order valence-electron chi connectivity index (χ1n) is 12.9. The minimum atomic E-state index is -1.00. The standard InChI is InChI=1S/C28H32N4O8/c1-28(2,3)40-27(37)30-12-14-39-19-6-4-5-18(16-19)38-13-11-29-17-7-8-20-21(15-17)26(36)32(25(20)35)22-9-10-23(33)31-24(22)34/h4-8,15-16,22,29H,9-14H2,1-3H3,(H,30,37)(H,31,33,34). The van der Waals surface area contributed by atoms with Crippen LogP contribution in [0.3, 0.4) is 0 Å². The molecule has 0 spiro atoms. The normalized spacial score (nSPS) is 16.8. The number of ether oxygens (including phenoxy) is 3. The maximum absolute atomic E-state index is 13.0. The average Bonchev–Trinajstić information content (AvgIpc) is 3.13. The van der Waals surface area contributed by atoms with Gasteiger partial charge in [0.05, 0.1) is 17.7 Å². The molecule has 0 radical (unpaired) electrons. The summed E-state index contributed by atoms with van der Waals surface area (Å²) in [7, 11) is 0. The number of nitrogens with zero attached hydrogens (tertiary/aromatic N) is 1. The Morgan fingerprint density at radius 3 is 2.30 bits per heavy atom. The van der Waals surface area contributed by atoms with E-state index in [1.165, 1.54) is 0 Å². The number of rotatable bonds is 10. The van der Waals surface area contributed by atoms with Crippen molar-refractivity contribution in [1.82, 2.24) is 15.5 Å². The zero-order chi connectivity index (χ0) is 28.9. The van der Waals surface area contributed by atoms with Crippen molar-refractivity contribution in [1.29, 1.82) is 0 Å². The van der Waals surface area contributed by atoms with E-state index in [9.17, 15) is 24.0 Å². The first kappa shape index (κ1) is 28.4. The predicted molar refractivity (Wildman–Crippen MR) is 143 cm³/mol. The van der Waals surface area contributed by atoms with Crippen molar-refractivity contribution in [2.45, 2.75) is 45.3 Å². The fourth-order valence-electron chi connectivity index (χ4n) is 4.24. The number of nitrogens with one attached hydrogen (secondary N) is 3. The number of anilines is 1. The number of piperidine rings is 1. The van der Waals surface area contributed by atoms with Gasteiger partial charge in [-0.05, 0) is 57.5 Å². The van der Waals surface area contributed by atoms with E-state index in [1.807, 2.05) is 0 Å². The van der Waals surface area contributed by atoms with Gasteiger partial charge in [0.25, 0.3) is 11.8 Å². The third kappa shape index (κ3) is 7.07. The summed E-state index contributed by atoms with van der Waals surface area (Å²) in [4.78, 5) is 62.1. The molecule has 12 nitrogen and oxygen atoms in total. The van der Waals surface area contributed by atoms with E-state index >= 15 is 0 Å². The summed E-state index contributed by atoms with van der Waals surface area (Å²) < 4.78 is 16.6. The van der Waals surface area contributed by atoms with Crippen LogP contribution in [0.15, 0.2) is 42.5 Å². The molecule has 0 bridgehead atoms. The molecule has 1 saturated heterocycles. The number of carbonyl (C=O) groups is 5. The lowest BCUT2D eigenvalue weighted by atomic mass is 10.0. The Labute approximate surface area is 231 Å². The van der Waals surface area contributed by atoms with Crippen molar-refractivity contribution < 1.29 is 38.2 Å². The summed E-state index contributed by atoms with van der Waals surface area (Å²) in [6.07, 6.45) is -0.336. The second kappa shape index (κ2) is 12.1. The molecule has 5 amide bonds. The molecular formula is C28H32N4O8. The Balaban J connectivity index is 1.23. The number of hydrogen-bond acceptors (Lipinski definition) is 9. The molecule has 1 fully saturated rings. The fraction of sp³-hybridized carbons (Fsp3) is 0.393. The van der Waals surface area contributed by atoms with Crippen LogP contribution in [0.4, 0.5) is 10.5 Å². The molecule has 4 rings (SSSR count). The van der Waals surface area contributed by atoms with Crippen LogP contribution in [0.5, 0.6) is 11.5 Å². The molecule has 1 atom stereocenters. The van der Waals surface area contributed by atoms with Crippen molar-refractivity contribution in [2.75, 3.05) is 31.6 Å². The number of imide groups is 2. The van der Waals surface area contributed by atoms with Crippen molar-refractivity contribution in [2.24, 2.45) is 0 Å². The molecule has 0 aromatic heterocycles. The molecule has 1 unspecified atom stereocenters. The van der Waals surface area contributed by atoms with Crippen molar-refractivity contribution in [3.05, 3.63) is 53.6 Å². The molecule has 2 aromatic carbocycles. The van der Waals surface area contributed by atoms with Crippen molar-refractivity contribution >= 4 is 35.4 Å². The van der Waals surface area contributed by atoms with Crippen LogP contribution >= 0.6 is 0 Å². The van der Waals surface area contributed by atoms with Gasteiger partial charge in [-0.3, -0.25) is 29.4 Å². The van der Waals surface area contributed by atoms with Crippen molar-refractivity contribution in [3.8, 4) is 11.5 Å². The quantitative estimate of drug-likeness (QED) is 0.298. The first-order chi connectivity index (χ1) is 19.0. The van der Waals surface area contributed by atoms with Crippen LogP contribution in [0.1, 0.15) is 54.3 Å². The number of amides is 5. The Kier molecular flexibility index (Phi) is 8.56. The fourth-order valence-corrected chi connectivity index (χ4v) is 4.24. The molecule has 2 aliphatic rings. The molecule has 12 heteroatoms. The summed E-state index contributed by atoms with van der Waals surface area (Å²) >= 11 is 0. The highest BCUT2D eigenvalue weighted by Gasteiger charge is 2.44. The van der Waals surface area contributed by atoms with Crippen LogP contribution in [0.25, 0.3) is 0 Å². The van der Waals surface area contributed by atoms with Crippen LogP contribution in [-0.4, -0.2) is 72.6 Å². The summed E-state index contributed by atoms with van der Waals surface area (Å²) in [5.41, 5.74) is 0.464. The highest BCUT2D eigenvalue weighted by molar-refractivity contribution is 6.23. The molecule has 3 N–H and O–H groups in total. The lowest BCUT2D eigenvalue weighted by Gasteiger charge is -2.27. The van der Waals surface area contributed by atoms with Crippen molar-refractivity contribution in [3.63, 3.8) is 0 Å². The van der Waals surface area contributed by atoms with Gasteiger partial charge < -0.3 is 24.8 Å². The molecule has 0 saturated carbocycles. The van der Waals surface area contributed by atoms with Crippen LogP contribution < -0.4 is 25.4 Å². The Morgan fingerprint density at radius 2 is 1.62 bits per heavy atom. The van der Waals surface area contributed by atoms with Gasteiger partial charge in [-0.1, -0.05) is 6.07 Å². The largest absolute Gasteiger partial charge is 0.492 e. The van der Waals surface area contributed by atoms with E-state index in [-0.39, 0.29) is 37.1 Å². The highest BCUT2D eigenvalue weighted by Crippen LogP contribution is 2.29. The number of hydrogen-bond donors (Lipinski definition) is 3. The van der Waals surface area contributed by atoms with Gasteiger partial charge in [-0.2, -0.15) is 0 Å². The van der Waals surface area contributed by atoms with Crippen LogP contribution in [-0.2, 0) is 14.3 Å². The van der Waals surface area contributed by atoms with E-state index in [1.54, 1.807) is 63.2 Å². The lowest BCUT2D eigenvalue weighted by molar-refractivity contribution is -0.136. The second-order valence-corrected chi connectivity index (χ2v) is 10.2. The second-order valence-electron chi connectivity index (χ2n) is 10.2. The van der Waals surface area contributed by atoms with Crippen LogP contribution in [0, 0.1) is 0 Å². The van der Waals surface area contributed by atoms with E-state index in [0.717, 1.165) is 4.90 Å². The molecular weight excluding hydrogens is 520 g/mol. The smallest absolute Gasteiger partial charge is 0.407 e. The highest BCUT2D eigenvalue weighted by atomic mass is 16.6. The predicted octanol–water partition coefficient (Wildman–Crippen LogP) is 2.48. The zero-order valence-corrected chi connectivity index (χ0v) is 22.6. The van der Waals surface area contributed by atoms with Crippen LogP contribution in [0.2, 0.25) is 0 Å². The molecule has 0 aliphatic carbocycles. The van der Waals surface area contributed by atoms with E-state index in [2.05, 4.69) is 16.0 Å². The first-order valence-corrected chi connectivity index (χ1v) is 12.9. The SMILES string of the molecule is CC(C)(C)OC(=O)NCCOc1cccc(OCCNc2ccc3c(c2)C(=O)N(C2CCC(=O)NC2=O)C3=O)c1. The summed E-state index contributed by atoms with van der Waals surface area (Å²) in [5, 5.41) is 7.97. The van der Waals surface area contributed by atoms with Gasteiger partial charge >= 0.3 is 6.09 Å². The summed E-state index contributed by atoms with van der Waals surface area (Å²) in [5.74, 6) is -1.00. The van der Waals surface area contributed by atoms with E-state index in [0.29, 0.717) is 30.3 Å². The third-order valence-corrected chi connectivity index (χ3v) is 5.98. The molecule has 40 heavy (non-hydrogen) atoms. The molecule has 2 aliphatic heterocycles. The van der Waals surface area contributed by atoms with Gasteiger partial charge in [0.15, 0.2) is 0 Å². The van der Waals surface area contributed by atoms with Gasteiger partial charge in [0.1, 0.15) is 36.4 Å².